The van der Waals surface area contributed by atoms with E-state index >= 15 is 0 Å². The molecule has 1 aliphatic rings. The van der Waals surface area contributed by atoms with Crippen molar-refractivity contribution in [2.75, 3.05) is 6.61 Å². The van der Waals surface area contributed by atoms with Crippen molar-refractivity contribution in [2.45, 2.75) is 46.1 Å². The molecule has 3 nitrogen and oxygen atoms in total. The first kappa shape index (κ1) is 14.4. The maximum atomic E-state index is 5.86. The lowest BCUT2D eigenvalue weighted by Crippen LogP contribution is -2.45. The van der Waals surface area contributed by atoms with E-state index in [-0.39, 0.29) is 0 Å². The number of para-hydroxylation sites is 1. The molecule has 19 heavy (non-hydrogen) atoms. The van der Waals surface area contributed by atoms with E-state index in [1.54, 1.807) is 0 Å². The summed E-state index contributed by atoms with van der Waals surface area (Å²) >= 11 is 0. The van der Waals surface area contributed by atoms with Gasteiger partial charge in [-0.15, -0.1) is 0 Å². The Kier molecular flexibility index (Phi) is 4.48. The summed E-state index contributed by atoms with van der Waals surface area (Å²) in [5.74, 6) is 7.24. The fraction of sp³-hybridized carbons (Fsp3) is 0.625. The molecule has 0 fully saturated rings. The highest BCUT2D eigenvalue weighted by molar-refractivity contribution is 5.35. The number of benzene rings is 1. The van der Waals surface area contributed by atoms with Crippen molar-refractivity contribution in [3.8, 4) is 5.75 Å². The first-order valence-corrected chi connectivity index (χ1v) is 7.16. The number of nitrogens with two attached hydrogens (primary N) is 1. The van der Waals surface area contributed by atoms with E-state index in [0.29, 0.717) is 17.4 Å². The number of ether oxygens (including phenoxy) is 1. The molecule has 1 aromatic carbocycles. The minimum Gasteiger partial charge on any atom is -0.493 e. The predicted octanol–water partition coefficient (Wildman–Crippen LogP) is 2.90. The highest BCUT2D eigenvalue weighted by Gasteiger charge is 2.27. The molecular weight excluding hydrogens is 236 g/mol. The maximum Gasteiger partial charge on any atom is 0.122 e. The molecule has 2 atom stereocenters. The number of hydrazine groups is 1. The average Bonchev–Trinajstić information content (AvgIpc) is 2.38. The molecule has 1 aromatic rings. The van der Waals surface area contributed by atoms with Crippen molar-refractivity contribution in [3.63, 3.8) is 0 Å². The largest absolute Gasteiger partial charge is 0.493 e. The van der Waals surface area contributed by atoms with Crippen molar-refractivity contribution in [1.82, 2.24) is 5.43 Å². The molecule has 0 amide bonds. The SMILES string of the molecule is CC(C)(C)CCC(NN)C1COc2ccccc2C1. The van der Waals surface area contributed by atoms with Gasteiger partial charge in [0.2, 0.25) is 0 Å². The van der Waals surface area contributed by atoms with Crippen LogP contribution in [0.25, 0.3) is 0 Å². The quantitative estimate of drug-likeness (QED) is 0.648. The Bertz CT molecular complexity index is 411. The zero-order valence-corrected chi connectivity index (χ0v) is 12.3. The molecular formula is C16H26N2O. The van der Waals surface area contributed by atoms with Gasteiger partial charge in [0.15, 0.2) is 0 Å². The predicted molar refractivity (Wildman–Crippen MR) is 78.9 cm³/mol. The molecule has 0 radical (unpaired) electrons. The van der Waals surface area contributed by atoms with Crippen LogP contribution in [0.15, 0.2) is 24.3 Å². The van der Waals surface area contributed by atoms with Crippen LogP contribution in [0.2, 0.25) is 0 Å². The lowest BCUT2D eigenvalue weighted by atomic mass is 9.83. The van der Waals surface area contributed by atoms with Crippen LogP contribution >= 0.6 is 0 Å². The Morgan fingerprint density at radius 2 is 2.11 bits per heavy atom. The van der Waals surface area contributed by atoms with Gasteiger partial charge in [-0.05, 0) is 36.3 Å². The van der Waals surface area contributed by atoms with E-state index in [9.17, 15) is 0 Å². The molecule has 106 valence electrons. The van der Waals surface area contributed by atoms with Crippen LogP contribution in [-0.2, 0) is 6.42 Å². The second-order valence-corrected chi connectivity index (χ2v) is 6.76. The van der Waals surface area contributed by atoms with E-state index in [2.05, 4.69) is 38.3 Å². The highest BCUT2D eigenvalue weighted by atomic mass is 16.5. The Morgan fingerprint density at radius 1 is 1.37 bits per heavy atom. The van der Waals surface area contributed by atoms with Crippen molar-refractivity contribution in [1.29, 1.82) is 0 Å². The van der Waals surface area contributed by atoms with Crippen LogP contribution in [0.4, 0.5) is 0 Å². The summed E-state index contributed by atoms with van der Waals surface area (Å²) in [6.45, 7) is 7.57. The molecule has 0 saturated carbocycles. The highest BCUT2D eigenvalue weighted by Crippen LogP contribution is 2.30. The van der Waals surface area contributed by atoms with Gasteiger partial charge in [0.05, 0.1) is 6.61 Å². The summed E-state index contributed by atoms with van der Waals surface area (Å²) in [7, 11) is 0. The lowest BCUT2D eigenvalue weighted by molar-refractivity contribution is 0.170. The third kappa shape index (κ3) is 3.95. The molecule has 1 aliphatic heterocycles. The number of fused-ring (bicyclic) bond motifs is 1. The Labute approximate surface area is 116 Å². The van der Waals surface area contributed by atoms with Crippen LogP contribution in [0, 0.1) is 11.3 Å². The van der Waals surface area contributed by atoms with Crippen molar-refractivity contribution in [2.24, 2.45) is 17.2 Å². The number of hydrogen-bond acceptors (Lipinski definition) is 3. The monoisotopic (exact) mass is 262 g/mol. The summed E-state index contributed by atoms with van der Waals surface area (Å²) in [5.41, 5.74) is 4.65. The minimum atomic E-state index is 0.326. The van der Waals surface area contributed by atoms with Crippen molar-refractivity contribution >= 4 is 0 Å². The molecule has 0 saturated heterocycles. The summed E-state index contributed by atoms with van der Waals surface area (Å²) in [4.78, 5) is 0. The minimum absolute atomic E-state index is 0.326. The molecule has 0 spiro atoms. The lowest BCUT2D eigenvalue weighted by Gasteiger charge is -2.32. The van der Waals surface area contributed by atoms with Gasteiger partial charge in [-0.2, -0.15) is 0 Å². The Balaban J connectivity index is 1.98. The third-order valence-corrected chi connectivity index (χ3v) is 3.90. The Morgan fingerprint density at radius 3 is 2.79 bits per heavy atom. The average molecular weight is 262 g/mol. The number of rotatable bonds is 4. The standard InChI is InChI=1S/C16H26N2O/c1-16(2,3)9-8-14(18-17)13-10-12-6-4-5-7-15(12)19-11-13/h4-7,13-14,18H,8-11,17H2,1-3H3. The zero-order valence-electron chi connectivity index (χ0n) is 12.3. The fourth-order valence-corrected chi connectivity index (χ4v) is 2.65. The second-order valence-electron chi connectivity index (χ2n) is 6.76. The maximum absolute atomic E-state index is 5.86. The van der Waals surface area contributed by atoms with Crippen molar-refractivity contribution in [3.05, 3.63) is 29.8 Å². The van der Waals surface area contributed by atoms with Gasteiger partial charge < -0.3 is 4.74 Å². The van der Waals surface area contributed by atoms with E-state index in [1.807, 2.05) is 12.1 Å². The molecule has 0 aliphatic carbocycles. The topological polar surface area (TPSA) is 47.3 Å². The van der Waals surface area contributed by atoms with E-state index < -0.39 is 0 Å². The van der Waals surface area contributed by atoms with Gasteiger partial charge in [-0.1, -0.05) is 39.0 Å². The summed E-state index contributed by atoms with van der Waals surface area (Å²) in [6.07, 6.45) is 3.31. The van der Waals surface area contributed by atoms with Gasteiger partial charge in [0.25, 0.3) is 0 Å². The fourth-order valence-electron chi connectivity index (χ4n) is 2.65. The van der Waals surface area contributed by atoms with Gasteiger partial charge in [0, 0.05) is 12.0 Å². The molecule has 2 unspecified atom stereocenters. The first-order chi connectivity index (χ1) is 8.99. The molecule has 3 N–H and O–H groups in total. The van der Waals surface area contributed by atoms with Crippen LogP contribution in [0.1, 0.15) is 39.2 Å². The molecule has 1 heterocycles. The van der Waals surface area contributed by atoms with Gasteiger partial charge >= 0.3 is 0 Å². The zero-order chi connectivity index (χ0) is 13.9. The normalized spacial score (nSPS) is 20.5. The first-order valence-electron chi connectivity index (χ1n) is 7.16. The van der Waals surface area contributed by atoms with Crippen molar-refractivity contribution < 1.29 is 4.74 Å². The second kappa shape index (κ2) is 5.93. The van der Waals surface area contributed by atoms with E-state index in [4.69, 9.17) is 10.6 Å². The summed E-state index contributed by atoms with van der Waals surface area (Å²) < 4.78 is 5.86. The van der Waals surface area contributed by atoms with E-state index in [0.717, 1.165) is 25.2 Å². The third-order valence-electron chi connectivity index (χ3n) is 3.90. The van der Waals surface area contributed by atoms with Gasteiger partial charge in [-0.3, -0.25) is 11.3 Å². The smallest absolute Gasteiger partial charge is 0.122 e. The summed E-state index contributed by atoms with van der Waals surface area (Å²) in [6, 6.07) is 8.62. The van der Waals surface area contributed by atoms with Crippen LogP contribution in [0.5, 0.6) is 5.75 Å². The van der Waals surface area contributed by atoms with Crippen LogP contribution in [0.3, 0.4) is 0 Å². The molecule has 0 aromatic heterocycles. The number of nitrogens with one attached hydrogen (secondary N) is 1. The van der Waals surface area contributed by atoms with Gasteiger partial charge in [0.1, 0.15) is 5.75 Å². The Hall–Kier alpha value is -1.06. The summed E-state index contributed by atoms with van der Waals surface area (Å²) in [5, 5.41) is 0. The van der Waals surface area contributed by atoms with Crippen LogP contribution < -0.4 is 16.0 Å². The molecule has 3 heteroatoms. The molecule has 2 rings (SSSR count). The molecule has 0 bridgehead atoms. The van der Waals surface area contributed by atoms with Crippen LogP contribution in [-0.4, -0.2) is 12.6 Å². The van der Waals surface area contributed by atoms with Gasteiger partial charge in [-0.25, -0.2) is 0 Å². The number of hydrogen-bond donors (Lipinski definition) is 2. The van der Waals surface area contributed by atoms with E-state index in [1.165, 1.54) is 12.0 Å².